The third-order valence-corrected chi connectivity index (χ3v) is 3.85. The molecule has 0 bridgehead atoms. The number of carbonyl (C=O) groups excluding carboxylic acids is 1. The number of benzene rings is 1. The molecule has 0 unspecified atom stereocenters. The molecule has 0 spiro atoms. The second-order valence-corrected chi connectivity index (χ2v) is 4.81. The van der Waals surface area contributed by atoms with E-state index < -0.39 is 0 Å². The lowest BCUT2D eigenvalue weighted by atomic mass is 10.2. The summed E-state index contributed by atoms with van der Waals surface area (Å²) in [5.41, 5.74) is 1.22. The van der Waals surface area contributed by atoms with Crippen LogP contribution in [-0.2, 0) is 0 Å². The molecule has 1 nitrogen and oxygen atoms in total. The second kappa shape index (κ2) is 3.24. The average Bonchev–Trinajstić information content (AvgIpc) is 2.56. The lowest BCUT2D eigenvalue weighted by Crippen LogP contribution is -1.71. The third-order valence-electron chi connectivity index (χ3n) is 1.96. The van der Waals surface area contributed by atoms with Crippen LogP contribution >= 0.6 is 27.3 Å². The zero-order chi connectivity index (χ0) is 9.42. The van der Waals surface area contributed by atoms with Crippen LogP contribution in [0.1, 0.15) is 15.2 Å². The summed E-state index contributed by atoms with van der Waals surface area (Å²) in [6.45, 7) is 2.06. The minimum absolute atomic E-state index is 0.782. The van der Waals surface area contributed by atoms with Crippen molar-refractivity contribution >= 4 is 43.6 Å². The maximum atomic E-state index is 10.6. The zero-order valence-corrected chi connectivity index (χ0v) is 9.41. The van der Waals surface area contributed by atoms with Crippen LogP contribution in [0.15, 0.2) is 22.7 Å². The predicted molar refractivity (Wildman–Crippen MR) is 59.6 cm³/mol. The molecule has 0 aliphatic rings. The number of aldehydes is 1. The summed E-state index contributed by atoms with van der Waals surface area (Å²) < 4.78 is 2.24. The lowest BCUT2D eigenvalue weighted by molar-refractivity contribution is 0.112. The van der Waals surface area contributed by atoms with E-state index in [-0.39, 0.29) is 0 Å². The van der Waals surface area contributed by atoms with Gasteiger partial charge in [-0.15, -0.1) is 11.3 Å². The summed E-state index contributed by atoms with van der Waals surface area (Å²) in [6, 6.07) is 5.99. The molecule has 0 saturated heterocycles. The molecule has 0 radical (unpaired) electrons. The Labute approximate surface area is 88.5 Å². The van der Waals surface area contributed by atoms with Crippen molar-refractivity contribution in [2.45, 2.75) is 6.92 Å². The van der Waals surface area contributed by atoms with Crippen LogP contribution in [0.25, 0.3) is 10.1 Å². The van der Waals surface area contributed by atoms with Gasteiger partial charge in [-0.2, -0.15) is 0 Å². The van der Waals surface area contributed by atoms with E-state index in [1.807, 2.05) is 12.1 Å². The molecule has 13 heavy (non-hydrogen) atoms. The molecule has 3 heteroatoms. The van der Waals surface area contributed by atoms with Crippen molar-refractivity contribution in [3.8, 4) is 0 Å². The average molecular weight is 255 g/mol. The highest BCUT2D eigenvalue weighted by molar-refractivity contribution is 9.10. The highest BCUT2D eigenvalue weighted by Gasteiger charge is 2.05. The molecule has 2 aromatic rings. The number of aryl methyl sites for hydroxylation is 1. The normalized spacial score (nSPS) is 10.6. The lowest BCUT2D eigenvalue weighted by Gasteiger charge is -1.96. The standard InChI is InChI=1S/C10H7BrOS/c1-6-2-3-9(11)8-4-7(5-12)13-10(6)8/h2-5H,1H3. The minimum atomic E-state index is 0.782. The van der Waals surface area contributed by atoms with E-state index in [1.54, 1.807) is 0 Å². The molecule has 1 heterocycles. The number of hydrogen-bond donors (Lipinski definition) is 0. The predicted octanol–water partition coefficient (Wildman–Crippen LogP) is 3.78. The molecule has 0 amide bonds. The molecule has 1 aromatic heterocycles. The molecule has 0 atom stereocenters. The van der Waals surface area contributed by atoms with Crippen molar-refractivity contribution in [1.29, 1.82) is 0 Å². The van der Waals surface area contributed by atoms with Gasteiger partial charge in [0.25, 0.3) is 0 Å². The minimum Gasteiger partial charge on any atom is -0.297 e. The number of carbonyl (C=O) groups is 1. The molecule has 0 aliphatic carbocycles. The van der Waals surface area contributed by atoms with E-state index in [0.717, 1.165) is 21.0 Å². The van der Waals surface area contributed by atoms with Crippen molar-refractivity contribution in [2.24, 2.45) is 0 Å². The van der Waals surface area contributed by atoms with Gasteiger partial charge in [-0.25, -0.2) is 0 Å². The number of fused-ring (bicyclic) bond motifs is 1. The van der Waals surface area contributed by atoms with Gasteiger partial charge in [-0.1, -0.05) is 22.0 Å². The smallest absolute Gasteiger partial charge is 0.160 e. The number of thiophene rings is 1. The summed E-state index contributed by atoms with van der Waals surface area (Å²) in [5, 5.41) is 1.13. The van der Waals surface area contributed by atoms with E-state index >= 15 is 0 Å². The van der Waals surface area contributed by atoms with E-state index in [1.165, 1.54) is 21.6 Å². The van der Waals surface area contributed by atoms with Crippen molar-refractivity contribution in [3.63, 3.8) is 0 Å². The number of halogens is 1. The van der Waals surface area contributed by atoms with Gasteiger partial charge in [-0.05, 0) is 24.6 Å². The Kier molecular flexibility index (Phi) is 2.22. The molecular weight excluding hydrogens is 248 g/mol. The van der Waals surface area contributed by atoms with E-state index in [2.05, 4.69) is 28.9 Å². The zero-order valence-electron chi connectivity index (χ0n) is 7.00. The fourth-order valence-corrected chi connectivity index (χ4v) is 2.85. The maximum Gasteiger partial charge on any atom is 0.160 e. The first kappa shape index (κ1) is 8.91. The Hall–Kier alpha value is -0.670. The third kappa shape index (κ3) is 1.42. The van der Waals surface area contributed by atoms with Crippen molar-refractivity contribution in [1.82, 2.24) is 0 Å². The van der Waals surface area contributed by atoms with Gasteiger partial charge in [0.05, 0.1) is 4.88 Å². The Bertz CT molecular complexity index is 434. The van der Waals surface area contributed by atoms with Crippen LogP contribution in [0, 0.1) is 6.92 Å². The topological polar surface area (TPSA) is 17.1 Å². The van der Waals surface area contributed by atoms with Crippen LogP contribution in [-0.4, -0.2) is 6.29 Å². The monoisotopic (exact) mass is 254 g/mol. The molecule has 1 aromatic carbocycles. The molecule has 0 fully saturated rings. The first-order valence-electron chi connectivity index (χ1n) is 3.86. The molecule has 66 valence electrons. The first-order chi connectivity index (χ1) is 6.22. The summed E-state index contributed by atoms with van der Waals surface area (Å²) in [5.74, 6) is 0. The number of rotatable bonds is 1. The van der Waals surface area contributed by atoms with Gasteiger partial charge in [0, 0.05) is 14.6 Å². The fraction of sp³-hybridized carbons (Fsp3) is 0.100. The highest BCUT2D eigenvalue weighted by Crippen LogP contribution is 2.32. The Morgan fingerprint density at radius 3 is 2.85 bits per heavy atom. The Balaban J connectivity index is 2.87. The molecule has 2 rings (SSSR count). The van der Waals surface area contributed by atoms with Crippen molar-refractivity contribution in [2.75, 3.05) is 0 Å². The summed E-state index contributed by atoms with van der Waals surface area (Å²) in [6.07, 6.45) is 0.899. The van der Waals surface area contributed by atoms with Gasteiger partial charge in [0.15, 0.2) is 6.29 Å². The van der Waals surface area contributed by atoms with E-state index in [0.29, 0.717) is 0 Å². The quantitative estimate of drug-likeness (QED) is 0.708. The SMILES string of the molecule is Cc1ccc(Br)c2cc(C=O)sc12. The van der Waals surface area contributed by atoms with Gasteiger partial charge in [0.1, 0.15) is 0 Å². The van der Waals surface area contributed by atoms with Crippen LogP contribution < -0.4 is 0 Å². The second-order valence-electron chi connectivity index (χ2n) is 2.87. The summed E-state index contributed by atoms with van der Waals surface area (Å²) in [7, 11) is 0. The largest absolute Gasteiger partial charge is 0.297 e. The summed E-state index contributed by atoms with van der Waals surface area (Å²) in [4.78, 5) is 11.4. The van der Waals surface area contributed by atoms with Gasteiger partial charge in [-0.3, -0.25) is 4.79 Å². The van der Waals surface area contributed by atoms with Crippen molar-refractivity contribution in [3.05, 3.63) is 33.1 Å². The van der Waals surface area contributed by atoms with E-state index in [4.69, 9.17) is 0 Å². The maximum absolute atomic E-state index is 10.6. The Morgan fingerprint density at radius 1 is 1.46 bits per heavy atom. The molecule has 0 N–H and O–H groups in total. The van der Waals surface area contributed by atoms with Gasteiger partial charge < -0.3 is 0 Å². The first-order valence-corrected chi connectivity index (χ1v) is 5.47. The van der Waals surface area contributed by atoms with Crippen LogP contribution in [0.3, 0.4) is 0 Å². The molecule has 0 saturated carbocycles. The number of hydrogen-bond acceptors (Lipinski definition) is 2. The molecule has 0 aliphatic heterocycles. The highest BCUT2D eigenvalue weighted by atomic mass is 79.9. The van der Waals surface area contributed by atoms with Gasteiger partial charge >= 0.3 is 0 Å². The van der Waals surface area contributed by atoms with Crippen molar-refractivity contribution < 1.29 is 4.79 Å². The summed E-state index contributed by atoms with van der Waals surface area (Å²) >= 11 is 5.00. The van der Waals surface area contributed by atoms with Gasteiger partial charge in [0.2, 0.25) is 0 Å². The van der Waals surface area contributed by atoms with E-state index in [9.17, 15) is 4.79 Å². The van der Waals surface area contributed by atoms with Crippen LogP contribution in [0.4, 0.5) is 0 Å². The van der Waals surface area contributed by atoms with Crippen LogP contribution in [0.2, 0.25) is 0 Å². The Morgan fingerprint density at radius 2 is 2.23 bits per heavy atom. The molecular formula is C10H7BrOS. The van der Waals surface area contributed by atoms with Crippen LogP contribution in [0.5, 0.6) is 0 Å². The fourth-order valence-electron chi connectivity index (χ4n) is 1.30.